The van der Waals surface area contributed by atoms with Crippen molar-refractivity contribution in [2.45, 2.75) is 49.0 Å². The zero-order valence-electron chi connectivity index (χ0n) is 14.2. The predicted octanol–water partition coefficient (Wildman–Crippen LogP) is 5.41. The number of hydrogen-bond donors (Lipinski definition) is 0. The maximum absolute atomic E-state index is 12.5. The molecular weight excluding hydrogens is 354 g/mol. The Kier molecular flexibility index (Phi) is 7.74. The summed E-state index contributed by atoms with van der Waals surface area (Å²) in [6, 6.07) is 10.7. The van der Waals surface area contributed by atoms with Gasteiger partial charge in [0.15, 0.2) is 0 Å². The molecule has 0 aliphatic carbocycles. The van der Waals surface area contributed by atoms with Gasteiger partial charge in [0.05, 0.1) is 0 Å². The van der Waals surface area contributed by atoms with E-state index in [2.05, 4.69) is 35.2 Å². The molecule has 2 fully saturated rings. The lowest BCUT2D eigenvalue weighted by molar-refractivity contribution is -0.131. The molecule has 0 saturated carbocycles. The minimum atomic E-state index is 0.373. The van der Waals surface area contributed by atoms with Crippen molar-refractivity contribution in [3.8, 4) is 0 Å². The van der Waals surface area contributed by atoms with Gasteiger partial charge in [-0.25, -0.2) is 0 Å². The largest absolute Gasteiger partial charge is 0.342 e. The molecule has 3 rings (SSSR count). The molecule has 2 saturated heterocycles. The maximum Gasteiger partial charge on any atom is 0.222 e. The second kappa shape index (κ2) is 10.0. The van der Waals surface area contributed by atoms with Crippen LogP contribution in [0.1, 0.15) is 49.3 Å². The van der Waals surface area contributed by atoms with Crippen LogP contribution < -0.4 is 0 Å². The third-order valence-corrected chi connectivity index (χ3v) is 9.09. The Balaban J connectivity index is 1.38. The molecule has 2 aliphatic heterocycles. The summed E-state index contributed by atoms with van der Waals surface area (Å²) < 4.78 is 0. The third-order valence-electron chi connectivity index (χ3n) is 4.76. The van der Waals surface area contributed by atoms with Gasteiger partial charge in [0, 0.05) is 41.5 Å². The fourth-order valence-corrected chi connectivity index (χ4v) is 7.58. The van der Waals surface area contributed by atoms with E-state index in [9.17, 15) is 4.79 Å². The van der Waals surface area contributed by atoms with Gasteiger partial charge >= 0.3 is 0 Å². The monoisotopic (exact) mass is 381 g/mol. The molecule has 1 amide bonds. The zero-order valence-corrected chi connectivity index (χ0v) is 16.6. The highest BCUT2D eigenvalue weighted by molar-refractivity contribution is 8.77. The van der Waals surface area contributed by atoms with E-state index in [1.807, 2.05) is 33.3 Å². The van der Waals surface area contributed by atoms with Gasteiger partial charge in [0.25, 0.3) is 0 Å². The summed E-state index contributed by atoms with van der Waals surface area (Å²) in [5.74, 6) is 2.74. The summed E-state index contributed by atoms with van der Waals surface area (Å²) in [6.07, 6.45) is 6.73. The van der Waals surface area contributed by atoms with Crippen LogP contribution in [0, 0.1) is 0 Å². The Morgan fingerprint density at radius 3 is 2.75 bits per heavy atom. The molecule has 0 bridgehead atoms. The first-order valence-corrected chi connectivity index (χ1v) is 12.5. The second-order valence-electron chi connectivity index (χ2n) is 6.51. The molecule has 0 radical (unpaired) electrons. The van der Waals surface area contributed by atoms with Crippen molar-refractivity contribution in [3.05, 3.63) is 35.9 Å². The number of benzene rings is 1. The number of nitrogens with zero attached hydrogens (tertiary/aromatic N) is 1. The van der Waals surface area contributed by atoms with Crippen LogP contribution in [0.2, 0.25) is 0 Å². The van der Waals surface area contributed by atoms with Gasteiger partial charge in [-0.05, 0) is 31.2 Å². The SMILES string of the molecule is O=C(CCCCC1CCSS1)N1CCSC(c2ccccc2)CC1. The Bertz CT molecular complexity index is 505. The van der Waals surface area contributed by atoms with E-state index in [1.165, 1.54) is 30.6 Å². The molecule has 2 heterocycles. The van der Waals surface area contributed by atoms with Crippen LogP contribution in [-0.2, 0) is 4.79 Å². The fourth-order valence-electron chi connectivity index (χ4n) is 3.32. The maximum atomic E-state index is 12.5. The van der Waals surface area contributed by atoms with Crippen molar-refractivity contribution in [2.75, 3.05) is 24.6 Å². The van der Waals surface area contributed by atoms with Crippen molar-refractivity contribution in [2.24, 2.45) is 0 Å². The van der Waals surface area contributed by atoms with Gasteiger partial charge in [-0.3, -0.25) is 4.79 Å². The van der Waals surface area contributed by atoms with Crippen LogP contribution in [0.4, 0.5) is 0 Å². The van der Waals surface area contributed by atoms with Crippen LogP contribution in [0.5, 0.6) is 0 Å². The smallest absolute Gasteiger partial charge is 0.222 e. The summed E-state index contributed by atoms with van der Waals surface area (Å²) in [4.78, 5) is 14.6. The number of amides is 1. The number of hydrogen-bond acceptors (Lipinski definition) is 4. The standard InChI is InChI=1S/C19H27NOS3/c21-19(9-5-4-8-17-11-14-23-24-17)20-12-10-18(22-15-13-20)16-6-2-1-3-7-16/h1-3,6-7,17-18H,4-5,8-15H2. The molecule has 0 aromatic heterocycles. The first-order valence-electron chi connectivity index (χ1n) is 9.05. The topological polar surface area (TPSA) is 20.3 Å². The molecule has 24 heavy (non-hydrogen) atoms. The lowest BCUT2D eigenvalue weighted by Gasteiger charge is -2.20. The van der Waals surface area contributed by atoms with Gasteiger partial charge in [0.1, 0.15) is 0 Å². The van der Waals surface area contributed by atoms with Crippen LogP contribution in [0.25, 0.3) is 0 Å². The number of rotatable bonds is 6. The highest BCUT2D eigenvalue weighted by Gasteiger charge is 2.22. The summed E-state index contributed by atoms with van der Waals surface area (Å²) >= 11 is 2.00. The minimum Gasteiger partial charge on any atom is -0.342 e. The molecular formula is C19H27NOS3. The molecule has 2 aliphatic rings. The highest BCUT2D eigenvalue weighted by atomic mass is 33.1. The van der Waals surface area contributed by atoms with Gasteiger partial charge in [0.2, 0.25) is 5.91 Å². The van der Waals surface area contributed by atoms with Gasteiger partial charge in [-0.2, -0.15) is 11.8 Å². The zero-order chi connectivity index (χ0) is 16.6. The van der Waals surface area contributed by atoms with Gasteiger partial charge in [-0.1, -0.05) is 58.3 Å². The highest BCUT2D eigenvalue weighted by Crippen LogP contribution is 2.40. The van der Waals surface area contributed by atoms with Gasteiger partial charge < -0.3 is 4.90 Å². The fraction of sp³-hybridized carbons (Fsp3) is 0.632. The average molecular weight is 382 g/mol. The lowest BCUT2D eigenvalue weighted by Crippen LogP contribution is -2.32. The van der Waals surface area contributed by atoms with Crippen molar-refractivity contribution < 1.29 is 4.79 Å². The van der Waals surface area contributed by atoms with Crippen LogP contribution in [-0.4, -0.2) is 40.7 Å². The number of unbranched alkanes of at least 4 members (excludes halogenated alkanes) is 1. The van der Waals surface area contributed by atoms with E-state index in [-0.39, 0.29) is 0 Å². The van der Waals surface area contributed by atoms with Crippen LogP contribution >= 0.6 is 33.3 Å². The molecule has 0 N–H and O–H groups in total. The van der Waals surface area contributed by atoms with Crippen molar-refractivity contribution >= 4 is 39.3 Å². The Morgan fingerprint density at radius 1 is 1.08 bits per heavy atom. The Hall–Kier alpha value is -0.260. The third kappa shape index (κ3) is 5.63. The Morgan fingerprint density at radius 2 is 1.96 bits per heavy atom. The quantitative estimate of drug-likeness (QED) is 0.485. The first-order chi connectivity index (χ1) is 11.8. The molecule has 132 valence electrons. The predicted molar refractivity (Wildman–Crippen MR) is 110 cm³/mol. The summed E-state index contributed by atoms with van der Waals surface area (Å²) in [5, 5.41) is 1.38. The van der Waals surface area contributed by atoms with Crippen molar-refractivity contribution in [1.29, 1.82) is 0 Å². The number of carbonyl (C=O) groups excluding carboxylic acids is 1. The first kappa shape index (κ1) is 18.5. The normalized spacial score (nSPS) is 24.8. The van der Waals surface area contributed by atoms with Crippen molar-refractivity contribution in [3.63, 3.8) is 0 Å². The summed E-state index contributed by atoms with van der Waals surface area (Å²) in [6.45, 7) is 1.84. The summed E-state index contributed by atoms with van der Waals surface area (Å²) in [7, 11) is 4.06. The van der Waals surface area contributed by atoms with Crippen LogP contribution in [0.3, 0.4) is 0 Å². The number of thioether (sulfide) groups is 1. The van der Waals surface area contributed by atoms with Crippen molar-refractivity contribution in [1.82, 2.24) is 4.90 Å². The molecule has 5 heteroatoms. The molecule has 2 atom stereocenters. The molecule has 0 spiro atoms. The van der Waals surface area contributed by atoms with E-state index >= 15 is 0 Å². The van der Waals surface area contributed by atoms with E-state index in [0.29, 0.717) is 11.2 Å². The summed E-state index contributed by atoms with van der Waals surface area (Å²) in [5.41, 5.74) is 1.41. The van der Waals surface area contributed by atoms with E-state index < -0.39 is 0 Å². The van der Waals surface area contributed by atoms with E-state index in [0.717, 1.165) is 43.4 Å². The molecule has 2 unspecified atom stereocenters. The minimum absolute atomic E-state index is 0.373. The second-order valence-corrected chi connectivity index (χ2v) is 10.6. The van der Waals surface area contributed by atoms with Gasteiger partial charge in [-0.15, -0.1) is 0 Å². The average Bonchev–Trinajstić information content (AvgIpc) is 3.01. The van der Waals surface area contributed by atoms with E-state index in [1.54, 1.807) is 0 Å². The number of carbonyl (C=O) groups is 1. The molecule has 1 aromatic rings. The van der Waals surface area contributed by atoms with E-state index in [4.69, 9.17) is 0 Å². The molecule has 1 aromatic carbocycles. The molecule has 2 nitrogen and oxygen atoms in total. The lowest BCUT2D eigenvalue weighted by atomic mass is 10.1. The van der Waals surface area contributed by atoms with Crippen LogP contribution in [0.15, 0.2) is 30.3 Å². The Labute approximate surface area is 158 Å².